The van der Waals surface area contributed by atoms with Crippen molar-refractivity contribution in [3.63, 3.8) is 0 Å². The molecule has 118 valence electrons. The lowest BCUT2D eigenvalue weighted by Crippen LogP contribution is -2.45. The predicted molar refractivity (Wildman–Crippen MR) is 85.3 cm³/mol. The molecular weight excluding hydrogens is 316 g/mol. The fourth-order valence-corrected chi connectivity index (χ4v) is 4.03. The summed E-state index contributed by atoms with van der Waals surface area (Å²) in [5.74, 6) is -1.33. The van der Waals surface area contributed by atoms with Gasteiger partial charge in [0.25, 0.3) is 15.9 Å². The van der Waals surface area contributed by atoms with E-state index in [1.807, 2.05) is 0 Å². The molecule has 2 amide bonds. The van der Waals surface area contributed by atoms with Crippen molar-refractivity contribution in [2.75, 3.05) is 12.4 Å². The van der Waals surface area contributed by atoms with Crippen LogP contribution in [0.4, 0.5) is 5.69 Å². The van der Waals surface area contributed by atoms with Crippen molar-refractivity contribution >= 4 is 27.5 Å². The molecule has 7 heteroatoms. The number of carbonyl (C=O) groups excluding carboxylic acids is 2. The highest BCUT2D eigenvalue weighted by molar-refractivity contribution is 7.90. The Morgan fingerprint density at radius 2 is 1.65 bits per heavy atom. The van der Waals surface area contributed by atoms with E-state index in [9.17, 15) is 18.0 Å². The second-order valence-corrected chi connectivity index (χ2v) is 7.19. The van der Waals surface area contributed by atoms with Crippen LogP contribution in [0, 0.1) is 0 Å². The lowest BCUT2D eigenvalue weighted by Gasteiger charge is -2.30. The summed E-state index contributed by atoms with van der Waals surface area (Å²) in [6.45, 7) is 0. The Kier molecular flexibility index (Phi) is 3.65. The van der Waals surface area contributed by atoms with Gasteiger partial charge < -0.3 is 5.32 Å². The number of sulfonamides is 1. The molecular formula is C16H14N2O4S. The van der Waals surface area contributed by atoms with Crippen molar-refractivity contribution in [2.24, 2.45) is 0 Å². The monoisotopic (exact) mass is 330 g/mol. The normalized spacial score (nSPS) is 19.1. The van der Waals surface area contributed by atoms with Gasteiger partial charge in [-0.3, -0.25) is 9.59 Å². The summed E-state index contributed by atoms with van der Waals surface area (Å²) in [5, 5.41) is 1.13. The Hall–Kier alpha value is -2.67. The molecule has 23 heavy (non-hydrogen) atoms. The van der Waals surface area contributed by atoms with Crippen LogP contribution >= 0.6 is 0 Å². The third kappa shape index (κ3) is 2.49. The van der Waals surface area contributed by atoms with Crippen molar-refractivity contribution in [1.29, 1.82) is 0 Å². The molecule has 0 aromatic heterocycles. The van der Waals surface area contributed by atoms with E-state index in [4.69, 9.17) is 0 Å². The van der Waals surface area contributed by atoms with E-state index in [2.05, 4.69) is 5.32 Å². The largest absolute Gasteiger partial charge is 0.325 e. The van der Waals surface area contributed by atoms with Gasteiger partial charge in [0, 0.05) is 18.3 Å². The zero-order valence-corrected chi connectivity index (χ0v) is 13.1. The maximum Gasteiger partial charge on any atom is 0.267 e. The average Bonchev–Trinajstić information content (AvgIpc) is 2.54. The second kappa shape index (κ2) is 5.51. The molecule has 1 unspecified atom stereocenters. The van der Waals surface area contributed by atoms with Gasteiger partial charge in [-0.25, -0.2) is 12.7 Å². The van der Waals surface area contributed by atoms with Crippen LogP contribution in [0.5, 0.6) is 0 Å². The van der Waals surface area contributed by atoms with Crippen molar-refractivity contribution in [3.8, 4) is 0 Å². The first-order chi connectivity index (χ1) is 10.9. The number of fused-ring (bicyclic) bond motifs is 1. The summed E-state index contributed by atoms with van der Waals surface area (Å²) < 4.78 is 25.8. The molecule has 0 spiro atoms. The van der Waals surface area contributed by atoms with Gasteiger partial charge >= 0.3 is 0 Å². The maximum absolute atomic E-state index is 12.6. The first kappa shape index (κ1) is 15.2. The first-order valence-corrected chi connectivity index (χ1v) is 8.40. The van der Waals surface area contributed by atoms with Gasteiger partial charge in [0.2, 0.25) is 5.91 Å². The first-order valence-electron chi connectivity index (χ1n) is 6.90. The van der Waals surface area contributed by atoms with E-state index in [1.54, 1.807) is 42.5 Å². The summed E-state index contributed by atoms with van der Waals surface area (Å²) in [4.78, 5) is 24.7. The number of amides is 2. The van der Waals surface area contributed by atoms with E-state index in [-0.39, 0.29) is 11.1 Å². The van der Waals surface area contributed by atoms with Gasteiger partial charge in [0.05, 0.1) is 0 Å². The van der Waals surface area contributed by atoms with E-state index in [0.717, 1.165) is 7.05 Å². The van der Waals surface area contributed by atoms with Gasteiger partial charge in [0.15, 0.2) is 5.25 Å². The number of rotatable bonds is 2. The Balaban J connectivity index is 2.07. The van der Waals surface area contributed by atoms with Gasteiger partial charge in [-0.05, 0) is 23.8 Å². The van der Waals surface area contributed by atoms with Crippen LogP contribution in [-0.2, 0) is 14.8 Å². The van der Waals surface area contributed by atoms with Crippen LogP contribution in [0.2, 0.25) is 0 Å². The Morgan fingerprint density at radius 3 is 2.35 bits per heavy atom. The molecule has 2 aromatic rings. The fourth-order valence-electron chi connectivity index (χ4n) is 2.53. The molecule has 3 rings (SSSR count). The Morgan fingerprint density at radius 1 is 1.04 bits per heavy atom. The van der Waals surface area contributed by atoms with Crippen molar-refractivity contribution in [2.45, 2.75) is 5.25 Å². The number of carbonyl (C=O) groups is 2. The standard InChI is InChI=1S/C16H14N2O4S/c1-18-16(20)13-10-6-5-9-12(13)14(23(18,21)22)15(19)17-11-7-3-2-4-8-11/h2-10,14H,1H3,(H,17,19). The molecule has 1 heterocycles. The third-order valence-electron chi connectivity index (χ3n) is 3.72. The van der Waals surface area contributed by atoms with Crippen LogP contribution < -0.4 is 5.32 Å². The average molecular weight is 330 g/mol. The third-order valence-corrected chi connectivity index (χ3v) is 5.71. The molecule has 0 aliphatic carbocycles. The fraction of sp³-hybridized carbons (Fsp3) is 0.125. The molecule has 1 atom stereocenters. The quantitative estimate of drug-likeness (QED) is 0.910. The molecule has 0 saturated carbocycles. The summed E-state index contributed by atoms with van der Waals surface area (Å²) in [7, 11) is -2.95. The lowest BCUT2D eigenvalue weighted by atomic mass is 10.0. The number of hydrogen-bond donors (Lipinski definition) is 1. The lowest BCUT2D eigenvalue weighted by molar-refractivity contribution is -0.116. The molecule has 0 fully saturated rings. The summed E-state index contributed by atoms with van der Waals surface area (Å²) in [6, 6.07) is 14.8. The molecule has 1 aliphatic rings. The van der Waals surface area contributed by atoms with E-state index in [1.165, 1.54) is 12.1 Å². The molecule has 1 N–H and O–H groups in total. The summed E-state index contributed by atoms with van der Waals surface area (Å²) >= 11 is 0. The van der Waals surface area contributed by atoms with Crippen molar-refractivity contribution in [3.05, 3.63) is 65.7 Å². The molecule has 0 saturated heterocycles. The number of para-hydroxylation sites is 1. The number of nitrogens with one attached hydrogen (secondary N) is 1. The highest BCUT2D eigenvalue weighted by Crippen LogP contribution is 2.34. The Labute approximate surface area is 133 Å². The second-order valence-electron chi connectivity index (χ2n) is 5.14. The van der Waals surface area contributed by atoms with Crippen LogP contribution in [0.1, 0.15) is 21.2 Å². The van der Waals surface area contributed by atoms with Crippen LogP contribution in [-0.4, -0.2) is 31.6 Å². The van der Waals surface area contributed by atoms with Gasteiger partial charge in [-0.2, -0.15) is 0 Å². The smallest absolute Gasteiger partial charge is 0.267 e. The molecule has 1 aliphatic heterocycles. The van der Waals surface area contributed by atoms with Gasteiger partial charge in [-0.1, -0.05) is 36.4 Å². The van der Waals surface area contributed by atoms with Crippen LogP contribution in [0.25, 0.3) is 0 Å². The highest BCUT2D eigenvalue weighted by Gasteiger charge is 2.45. The molecule has 0 bridgehead atoms. The Bertz CT molecular complexity index is 878. The number of anilines is 1. The van der Waals surface area contributed by atoms with E-state index < -0.39 is 27.1 Å². The molecule has 6 nitrogen and oxygen atoms in total. The predicted octanol–water partition coefficient (Wildman–Crippen LogP) is 1.78. The summed E-state index contributed by atoms with van der Waals surface area (Å²) in [5.41, 5.74) is 0.909. The SMILES string of the molecule is CN1C(=O)c2ccccc2C(C(=O)Nc2ccccc2)S1(=O)=O. The zero-order valence-electron chi connectivity index (χ0n) is 12.3. The summed E-state index contributed by atoms with van der Waals surface area (Å²) in [6.07, 6.45) is 0. The number of hydrogen-bond acceptors (Lipinski definition) is 4. The minimum absolute atomic E-state index is 0.198. The van der Waals surface area contributed by atoms with Crippen molar-refractivity contribution in [1.82, 2.24) is 4.31 Å². The van der Waals surface area contributed by atoms with Gasteiger partial charge in [-0.15, -0.1) is 0 Å². The van der Waals surface area contributed by atoms with Crippen molar-refractivity contribution < 1.29 is 18.0 Å². The maximum atomic E-state index is 12.6. The van der Waals surface area contributed by atoms with E-state index in [0.29, 0.717) is 9.99 Å². The molecule has 0 radical (unpaired) electrons. The number of nitrogens with zero attached hydrogens (tertiary/aromatic N) is 1. The number of benzene rings is 2. The van der Waals surface area contributed by atoms with Gasteiger partial charge in [0.1, 0.15) is 0 Å². The molecule has 2 aromatic carbocycles. The highest BCUT2D eigenvalue weighted by atomic mass is 32.2. The minimum Gasteiger partial charge on any atom is -0.325 e. The minimum atomic E-state index is -4.11. The topological polar surface area (TPSA) is 83.6 Å². The van der Waals surface area contributed by atoms with Crippen LogP contribution in [0.3, 0.4) is 0 Å². The van der Waals surface area contributed by atoms with Crippen LogP contribution in [0.15, 0.2) is 54.6 Å². The van der Waals surface area contributed by atoms with E-state index >= 15 is 0 Å². The zero-order chi connectivity index (χ0) is 16.6.